The first-order valence-corrected chi connectivity index (χ1v) is 7.95. The SMILES string of the molecule is Nc1n[nH]c2cc(-c3cnc(NCC4=CCCC=C4)nc3)ccc12. The van der Waals surface area contributed by atoms with Crippen LogP contribution in [0.25, 0.3) is 22.0 Å². The summed E-state index contributed by atoms with van der Waals surface area (Å²) < 4.78 is 0. The van der Waals surface area contributed by atoms with Crippen molar-refractivity contribution in [3.8, 4) is 11.1 Å². The van der Waals surface area contributed by atoms with E-state index in [0.29, 0.717) is 11.8 Å². The van der Waals surface area contributed by atoms with Gasteiger partial charge in [-0.05, 0) is 36.1 Å². The second-order valence-electron chi connectivity index (χ2n) is 5.78. The number of allylic oxidation sites excluding steroid dienone is 2. The van der Waals surface area contributed by atoms with Crippen molar-refractivity contribution < 1.29 is 0 Å². The minimum atomic E-state index is 0.512. The molecule has 6 nitrogen and oxygen atoms in total. The Balaban J connectivity index is 1.49. The number of benzene rings is 1. The van der Waals surface area contributed by atoms with E-state index in [2.05, 4.69) is 43.7 Å². The lowest BCUT2D eigenvalue weighted by atomic mass is 10.1. The Morgan fingerprint density at radius 3 is 2.79 bits per heavy atom. The first kappa shape index (κ1) is 14.4. The van der Waals surface area contributed by atoms with E-state index in [-0.39, 0.29) is 0 Å². The van der Waals surface area contributed by atoms with Crippen LogP contribution in [0, 0.1) is 0 Å². The molecule has 2 heterocycles. The maximum atomic E-state index is 5.79. The number of nitrogens with one attached hydrogen (secondary N) is 2. The summed E-state index contributed by atoms with van der Waals surface area (Å²) in [6.07, 6.45) is 12.5. The van der Waals surface area contributed by atoms with Gasteiger partial charge in [-0.3, -0.25) is 5.10 Å². The Morgan fingerprint density at radius 1 is 1.12 bits per heavy atom. The molecule has 4 rings (SSSR count). The molecule has 3 aromatic rings. The lowest BCUT2D eigenvalue weighted by Crippen LogP contribution is -2.07. The van der Waals surface area contributed by atoms with Crippen molar-refractivity contribution in [3.05, 3.63) is 54.4 Å². The van der Waals surface area contributed by atoms with Gasteiger partial charge in [-0.1, -0.05) is 24.3 Å². The molecule has 1 aliphatic rings. The van der Waals surface area contributed by atoms with Gasteiger partial charge < -0.3 is 11.1 Å². The van der Waals surface area contributed by atoms with Gasteiger partial charge in [-0.25, -0.2) is 9.97 Å². The fourth-order valence-electron chi connectivity index (χ4n) is 2.77. The van der Waals surface area contributed by atoms with Gasteiger partial charge in [0, 0.05) is 29.9 Å². The highest BCUT2D eigenvalue weighted by atomic mass is 15.1. The largest absolute Gasteiger partial charge is 0.382 e. The van der Waals surface area contributed by atoms with E-state index in [9.17, 15) is 0 Å². The summed E-state index contributed by atoms with van der Waals surface area (Å²) >= 11 is 0. The molecule has 24 heavy (non-hydrogen) atoms. The summed E-state index contributed by atoms with van der Waals surface area (Å²) in [5, 5.41) is 11.1. The molecule has 0 saturated heterocycles. The number of aromatic nitrogens is 4. The van der Waals surface area contributed by atoms with Crippen molar-refractivity contribution in [2.24, 2.45) is 0 Å². The van der Waals surface area contributed by atoms with Gasteiger partial charge in [0.05, 0.1) is 5.52 Å². The monoisotopic (exact) mass is 318 g/mol. The minimum absolute atomic E-state index is 0.512. The molecule has 0 saturated carbocycles. The van der Waals surface area contributed by atoms with Crippen LogP contribution >= 0.6 is 0 Å². The predicted octanol–water partition coefficient (Wildman–Crippen LogP) is 3.29. The van der Waals surface area contributed by atoms with Crippen LogP contribution in [0.4, 0.5) is 11.8 Å². The average molecular weight is 318 g/mol. The zero-order valence-corrected chi connectivity index (χ0v) is 13.2. The van der Waals surface area contributed by atoms with Crippen LogP contribution in [-0.2, 0) is 0 Å². The molecule has 1 aliphatic carbocycles. The van der Waals surface area contributed by atoms with Gasteiger partial charge in [-0.2, -0.15) is 5.10 Å². The molecule has 0 amide bonds. The van der Waals surface area contributed by atoms with Crippen molar-refractivity contribution >= 4 is 22.7 Å². The van der Waals surface area contributed by atoms with Gasteiger partial charge in [0.1, 0.15) is 0 Å². The Kier molecular flexibility index (Phi) is 3.70. The van der Waals surface area contributed by atoms with Crippen LogP contribution in [0.1, 0.15) is 12.8 Å². The maximum absolute atomic E-state index is 5.79. The van der Waals surface area contributed by atoms with E-state index in [4.69, 9.17) is 5.73 Å². The second kappa shape index (κ2) is 6.16. The van der Waals surface area contributed by atoms with Gasteiger partial charge in [0.25, 0.3) is 0 Å². The van der Waals surface area contributed by atoms with Crippen LogP contribution in [0.15, 0.2) is 54.4 Å². The van der Waals surface area contributed by atoms with E-state index < -0.39 is 0 Å². The molecule has 1 aromatic carbocycles. The van der Waals surface area contributed by atoms with Gasteiger partial charge in [-0.15, -0.1) is 0 Å². The molecule has 4 N–H and O–H groups in total. The van der Waals surface area contributed by atoms with E-state index in [1.807, 2.05) is 30.6 Å². The maximum Gasteiger partial charge on any atom is 0.222 e. The summed E-state index contributed by atoms with van der Waals surface area (Å²) in [6.45, 7) is 0.745. The highest BCUT2D eigenvalue weighted by Gasteiger charge is 2.06. The van der Waals surface area contributed by atoms with Crippen molar-refractivity contribution in [1.29, 1.82) is 0 Å². The zero-order valence-electron chi connectivity index (χ0n) is 13.2. The number of anilines is 2. The summed E-state index contributed by atoms with van der Waals surface area (Å²) in [4.78, 5) is 8.80. The van der Waals surface area contributed by atoms with Crippen molar-refractivity contribution in [3.63, 3.8) is 0 Å². The van der Waals surface area contributed by atoms with Crippen LogP contribution in [0.3, 0.4) is 0 Å². The lowest BCUT2D eigenvalue weighted by Gasteiger charge is -2.09. The topological polar surface area (TPSA) is 92.5 Å². The van der Waals surface area contributed by atoms with Crippen LogP contribution in [0.5, 0.6) is 0 Å². The Morgan fingerprint density at radius 2 is 2.00 bits per heavy atom. The van der Waals surface area contributed by atoms with Crippen molar-refractivity contribution in [1.82, 2.24) is 20.2 Å². The summed E-state index contributed by atoms with van der Waals surface area (Å²) in [7, 11) is 0. The number of aromatic amines is 1. The standard InChI is InChI=1S/C18H18N6/c19-17-15-7-6-13(8-16(15)23-24-17)14-10-21-18(22-11-14)20-9-12-4-2-1-3-5-12/h2,4-8,10-11H,1,3,9H2,(H3,19,23,24)(H,20,21,22). The van der Waals surface area contributed by atoms with Crippen molar-refractivity contribution in [2.45, 2.75) is 12.8 Å². The van der Waals surface area contributed by atoms with Crippen LogP contribution in [-0.4, -0.2) is 26.7 Å². The molecular weight excluding hydrogens is 300 g/mol. The number of fused-ring (bicyclic) bond motifs is 1. The summed E-state index contributed by atoms with van der Waals surface area (Å²) in [5.41, 5.74) is 9.95. The first-order chi connectivity index (χ1) is 11.8. The molecule has 0 radical (unpaired) electrons. The number of nitrogens with two attached hydrogens (primary N) is 1. The Hall–Kier alpha value is -3.15. The average Bonchev–Trinajstić information content (AvgIpc) is 3.02. The molecule has 0 spiro atoms. The normalized spacial score (nSPS) is 13.9. The molecule has 0 fully saturated rings. The number of hydrogen-bond acceptors (Lipinski definition) is 5. The third-order valence-electron chi connectivity index (χ3n) is 4.10. The zero-order chi connectivity index (χ0) is 16.4. The minimum Gasteiger partial charge on any atom is -0.382 e. The number of nitrogens with zero attached hydrogens (tertiary/aromatic N) is 3. The van der Waals surface area contributed by atoms with Crippen molar-refractivity contribution in [2.75, 3.05) is 17.6 Å². The second-order valence-corrected chi connectivity index (χ2v) is 5.78. The van der Waals surface area contributed by atoms with Gasteiger partial charge in [0.15, 0.2) is 5.82 Å². The summed E-state index contributed by atoms with van der Waals surface area (Å²) in [5.74, 6) is 1.14. The van der Waals surface area contributed by atoms with Gasteiger partial charge in [0.2, 0.25) is 5.95 Å². The van der Waals surface area contributed by atoms with E-state index >= 15 is 0 Å². The Bertz CT molecular complexity index is 920. The third kappa shape index (κ3) is 2.86. The number of hydrogen-bond donors (Lipinski definition) is 3. The molecule has 0 aliphatic heterocycles. The van der Waals surface area contributed by atoms with Crippen LogP contribution < -0.4 is 11.1 Å². The van der Waals surface area contributed by atoms with Crippen LogP contribution in [0.2, 0.25) is 0 Å². The molecule has 0 unspecified atom stereocenters. The number of H-pyrrole nitrogens is 1. The molecule has 120 valence electrons. The predicted molar refractivity (Wildman–Crippen MR) is 96.5 cm³/mol. The Labute approximate surface area is 139 Å². The fraction of sp³-hybridized carbons (Fsp3) is 0.167. The fourth-order valence-corrected chi connectivity index (χ4v) is 2.77. The highest BCUT2D eigenvalue weighted by molar-refractivity contribution is 5.91. The molecule has 2 aromatic heterocycles. The van der Waals surface area contributed by atoms with E-state index in [0.717, 1.165) is 41.4 Å². The molecule has 0 atom stereocenters. The first-order valence-electron chi connectivity index (χ1n) is 7.95. The summed E-state index contributed by atoms with van der Waals surface area (Å²) in [6, 6.07) is 5.96. The molecule has 6 heteroatoms. The smallest absolute Gasteiger partial charge is 0.222 e. The van der Waals surface area contributed by atoms with Gasteiger partial charge >= 0.3 is 0 Å². The number of nitrogen functional groups attached to an aromatic ring is 1. The quantitative estimate of drug-likeness (QED) is 0.686. The number of rotatable bonds is 4. The highest BCUT2D eigenvalue weighted by Crippen LogP contribution is 2.25. The van der Waals surface area contributed by atoms with E-state index in [1.54, 1.807) is 0 Å². The lowest BCUT2D eigenvalue weighted by molar-refractivity contribution is 0.998. The third-order valence-corrected chi connectivity index (χ3v) is 4.10. The molecule has 0 bridgehead atoms. The van der Waals surface area contributed by atoms with E-state index in [1.165, 1.54) is 5.57 Å². The molecular formula is C18H18N6.